The third-order valence-corrected chi connectivity index (χ3v) is 14.1. The van der Waals surface area contributed by atoms with Crippen LogP contribution >= 0.6 is 22.6 Å². The van der Waals surface area contributed by atoms with Gasteiger partial charge in [-0.15, -0.1) is 0 Å². The first-order valence-corrected chi connectivity index (χ1v) is 13.4. The maximum atomic E-state index is 12.1. The molecule has 0 atom stereocenters. The number of benzene rings is 1. The molecular weight excluding hydrogens is 863 g/mol. The first-order valence-electron chi connectivity index (χ1n) is 6.44. The first kappa shape index (κ1) is 23.5. The van der Waals surface area contributed by atoms with Gasteiger partial charge in [0.1, 0.15) is 0 Å². The molecule has 0 heterocycles. The van der Waals surface area contributed by atoms with Crippen molar-refractivity contribution in [2.45, 2.75) is 18.3 Å². The summed E-state index contributed by atoms with van der Waals surface area (Å²) in [7, 11) is -5.83. The Morgan fingerprint density at radius 2 is 1.92 bits per heavy atom. The van der Waals surface area contributed by atoms with E-state index in [2.05, 4.69) is 4.40 Å². The predicted molar refractivity (Wildman–Crippen MR) is 91.9 cm³/mol. The molecule has 0 aromatic heterocycles. The van der Waals surface area contributed by atoms with Crippen LogP contribution < -0.4 is 11.4 Å². The number of hydrogen-bond acceptors (Lipinski definition) is 5. The Labute approximate surface area is 187 Å². The Morgan fingerprint density at radius 3 is 2.48 bits per heavy atom. The third kappa shape index (κ3) is 6.85. The zero-order valence-electron chi connectivity index (χ0n) is 12.3. The second-order valence-corrected chi connectivity index (χ2v) is 12.0. The number of nitrogens with zero attached hydrogens (tertiary/aromatic N) is 1. The summed E-state index contributed by atoms with van der Waals surface area (Å²) < 4.78 is 67.7. The molecule has 1 aromatic carbocycles. The Balaban J connectivity index is 2.62. The molecule has 0 unspecified atom stereocenters. The Kier molecular flexibility index (Phi) is 9.03. The second-order valence-electron chi connectivity index (χ2n) is 4.57. The molecule has 13 heteroatoms. The summed E-state index contributed by atoms with van der Waals surface area (Å²) in [6.07, 6.45) is -0.698. The van der Waals surface area contributed by atoms with Gasteiger partial charge in [-0.3, -0.25) is 0 Å². The summed E-state index contributed by atoms with van der Waals surface area (Å²) >= 11 is 3.03. The summed E-state index contributed by atoms with van der Waals surface area (Å²) in [4.78, 5) is 12.1. The van der Waals surface area contributed by atoms with Crippen LogP contribution in [-0.4, -0.2) is 83.9 Å². The zero-order valence-corrected chi connectivity index (χ0v) is 24.3. The van der Waals surface area contributed by atoms with Gasteiger partial charge in [0, 0.05) is 0 Å². The van der Waals surface area contributed by atoms with E-state index in [1.54, 1.807) is 0 Å². The molecule has 0 spiro atoms. The number of ether oxygens (including phenoxy) is 1. The molecule has 0 saturated carbocycles. The van der Waals surface area contributed by atoms with Gasteiger partial charge in [-0.2, -0.15) is 0 Å². The van der Waals surface area contributed by atoms with E-state index in [4.69, 9.17) is 4.74 Å². The van der Waals surface area contributed by atoms with Crippen molar-refractivity contribution in [2.75, 3.05) is 6.61 Å². The molecule has 0 aliphatic rings. The number of hydrogen-bond donors (Lipinski definition) is 0. The van der Waals surface area contributed by atoms with Crippen LogP contribution in [0.1, 0.15) is 23.2 Å². The quantitative estimate of drug-likeness (QED) is 0.0955. The molecule has 6 nitrogen and oxygen atoms in total. The maximum absolute atomic E-state index is 12.1. The van der Waals surface area contributed by atoms with Crippen LogP contribution in [0.25, 0.3) is 0 Å². The third-order valence-electron chi connectivity index (χ3n) is 2.72. The fourth-order valence-corrected chi connectivity index (χ4v) is 6.18. The predicted octanol–water partition coefficient (Wildman–Crippen LogP) is -0.576. The van der Waals surface area contributed by atoms with E-state index in [0.717, 1.165) is 9.82 Å². The van der Waals surface area contributed by atoms with Crippen molar-refractivity contribution in [1.82, 2.24) is 0 Å². The van der Waals surface area contributed by atoms with Gasteiger partial charge in [-0.25, -0.2) is 0 Å². The first-order chi connectivity index (χ1) is 11.4. The van der Waals surface area contributed by atoms with Crippen molar-refractivity contribution < 1.29 is 36.2 Å². The van der Waals surface area contributed by atoms with Gasteiger partial charge < -0.3 is 0 Å². The molecular formula is C12H8F3INO5STl2-. The molecule has 0 aliphatic carbocycles. The van der Waals surface area contributed by atoms with Crippen LogP contribution in [0.4, 0.5) is 13.2 Å². The summed E-state index contributed by atoms with van der Waals surface area (Å²) in [5.74, 6) is -1.99. The average molecular weight is 871 g/mol. The Morgan fingerprint density at radius 1 is 1.32 bits per heavy atom. The minimum atomic E-state index is -5.83. The summed E-state index contributed by atoms with van der Waals surface area (Å²) in [6, 6.07) is 3.77. The van der Waals surface area contributed by atoms with Gasteiger partial charge in [-0.05, 0) is 0 Å². The van der Waals surface area contributed by atoms with E-state index >= 15 is 0 Å². The second kappa shape index (κ2) is 9.60. The van der Waals surface area contributed by atoms with Crippen molar-refractivity contribution in [3.63, 3.8) is 0 Å². The zero-order chi connectivity index (χ0) is 19.4. The van der Waals surface area contributed by atoms with Crippen molar-refractivity contribution in [2.24, 2.45) is 4.40 Å². The fourth-order valence-electron chi connectivity index (χ4n) is 1.51. The van der Waals surface area contributed by atoms with E-state index in [1.807, 2.05) is 34.7 Å². The number of rotatable bonds is 6. The van der Waals surface area contributed by atoms with Gasteiger partial charge in [0.2, 0.25) is 0 Å². The standard InChI is InChI=1S/C12H9F3INO5S.2Tl/c13-12(14,15)23(20,21)17-10(18)6-3-7-22-11(19)8-4-1-2-5-9(8)16;;/h2,5H,3,6-7H2,(H,17,18);;/p-1. The van der Waals surface area contributed by atoms with Crippen molar-refractivity contribution in [3.8, 4) is 0 Å². The minimum absolute atomic E-state index is 0.126. The van der Waals surface area contributed by atoms with Gasteiger partial charge >= 0.3 is 189 Å². The van der Waals surface area contributed by atoms with Crippen LogP contribution in [-0.2, 0) is 14.8 Å². The van der Waals surface area contributed by atoms with Crippen LogP contribution in [0.2, 0.25) is 0 Å². The number of alkyl halides is 3. The molecule has 25 heavy (non-hydrogen) atoms. The molecule has 1 rings (SSSR count). The van der Waals surface area contributed by atoms with Crippen LogP contribution in [0.5, 0.6) is 0 Å². The van der Waals surface area contributed by atoms with Crippen molar-refractivity contribution >= 4 is 102 Å². The molecule has 0 radical (unpaired) electrons. The van der Waals surface area contributed by atoms with Crippen LogP contribution in [0.3, 0.4) is 0 Å². The van der Waals surface area contributed by atoms with E-state index in [9.17, 15) is 31.5 Å². The van der Waals surface area contributed by atoms with Gasteiger partial charge in [0.25, 0.3) is 0 Å². The fraction of sp³-hybridized carbons (Fsp3) is 0.333. The Bertz CT molecular complexity index is 799. The molecule has 0 bridgehead atoms. The topological polar surface area (TPSA) is 95.9 Å². The Hall–Kier alpha value is 0.474. The summed E-state index contributed by atoms with van der Waals surface area (Å²) in [6.45, 7) is -0.222. The molecule has 0 amide bonds. The van der Waals surface area contributed by atoms with Gasteiger partial charge in [0.15, 0.2) is 0 Å². The molecule has 0 fully saturated rings. The van der Waals surface area contributed by atoms with E-state index in [1.165, 1.54) is 0 Å². The molecule has 0 saturated heterocycles. The van der Waals surface area contributed by atoms with Gasteiger partial charge in [0.05, 0.1) is 0 Å². The number of sulfonamides is 1. The monoisotopic (exact) mass is 872 g/mol. The van der Waals surface area contributed by atoms with Crippen LogP contribution in [0, 0.1) is 3.57 Å². The molecule has 0 aliphatic heterocycles. The van der Waals surface area contributed by atoms with Crippen LogP contribution in [0.15, 0.2) is 16.5 Å². The van der Waals surface area contributed by atoms with Gasteiger partial charge in [-0.1, -0.05) is 0 Å². The molecule has 1 aromatic rings. The number of halogens is 4. The van der Waals surface area contributed by atoms with E-state index in [-0.39, 0.29) is 13.0 Å². The van der Waals surface area contributed by atoms with E-state index < -0.39 is 33.8 Å². The average Bonchev–Trinajstić information content (AvgIpc) is 2.46. The van der Waals surface area contributed by atoms with Crippen molar-refractivity contribution in [3.05, 3.63) is 21.3 Å². The molecule has 0 N–H and O–H groups in total. The van der Waals surface area contributed by atoms with Crippen molar-refractivity contribution in [1.29, 1.82) is 0 Å². The number of carbonyl (C=O) groups excluding carboxylic acids is 1. The molecule has 132 valence electrons. The van der Waals surface area contributed by atoms with E-state index in [0.29, 0.717) is 57.1 Å². The normalized spacial score (nSPS) is 12.8. The SMILES string of the molecule is O=C(OCCCC([O-])=NS(=O)(=O)C(F)(F)F)c1c(I)cc[c]([Tl])[c]1[Tl]. The summed E-state index contributed by atoms with van der Waals surface area (Å²) in [5, 5.41) is 11.2. The number of esters is 1. The number of carbonyl (C=O) groups is 1. The summed E-state index contributed by atoms with van der Waals surface area (Å²) in [5.41, 5.74) is -5.12.